The number of aromatic nitrogens is 1. The van der Waals surface area contributed by atoms with Gasteiger partial charge < -0.3 is 24.6 Å². The summed E-state index contributed by atoms with van der Waals surface area (Å²) in [7, 11) is 0. The summed E-state index contributed by atoms with van der Waals surface area (Å²) in [6.07, 6.45) is -2.23. The van der Waals surface area contributed by atoms with Crippen LogP contribution in [0.25, 0.3) is 0 Å². The Morgan fingerprint density at radius 1 is 1.34 bits per heavy atom. The first-order chi connectivity index (χ1) is 15.1. The zero-order valence-corrected chi connectivity index (χ0v) is 16.9. The molecule has 3 saturated heterocycles. The molecular weight excluding hydrogens is 431 g/mol. The summed E-state index contributed by atoms with van der Waals surface area (Å²) in [5.74, 6) is 0.0431. The van der Waals surface area contributed by atoms with Crippen LogP contribution in [0.15, 0.2) is 12.3 Å². The lowest BCUT2D eigenvalue weighted by Gasteiger charge is -2.53. The number of carbonyl (C=O) groups is 2. The van der Waals surface area contributed by atoms with Gasteiger partial charge >= 0.3 is 18.3 Å². The maximum atomic E-state index is 12.8. The van der Waals surface area contributed by atoms with Crippen molar-refractivity contribution in [2.75, 3.05) is 32.8 Å². The van der Waals surface area contributed by atoms with Crippen LogP contribution in [0.3, 0.4) is 0 Å². The maximum absolute atomic E-state index is 12.8. The molecule has 3 aliphatic heterocycles. The Labute approximate surface area is 182 Å². The van der Waals surface area contributed by atoms with Crippen LogP contribution in [0, 0.1) is 16.7 Å². The molecule has 0 bridgehead atoms. The van der Waals surface area contributed by atoms with Crippen LogP contribution >= 0.6 is 0 Å². The molecule has 1 aliphatic carbocycles. The number of nitrogens with one attached hydrogen (secondary N) is 1. The van der Waals surface area contributed by atoms with Crippen LogP contribution in [0.1, 0.15) is 31.9 Å². The van der Waals surface area contributed by atoms with Gasteiger partial charge in [0.05, 0.1) is 31.0 Å². The molecule has 32 heavy (non-hydrogen) atoms. The van der Waals surface area contributed by atoms with Crippen LogP contribution in [0.5, 0.6) is 5.75 Å². The first kappa shape index (κ1) is 20.7. The number of carbonyl (C=O) groups excluding carboxylic acids is 2. The van der Waals surface area contributed by atoms with Crippen LogP contribution in [-0.2, 0) is 10.9 Å². The van der Waals surface area contributed by atoms with Crippen molar-refractivity contribution in [3.05, 3.63) is 23.5 Å². The molecule has 5 rings (SSSR count). The van der Waals surface area contributed by atoms with E-state index < -0.39 is 23.5 Å². The molecule has 2 spiro atoms. The fraction of sp³-hybridized carbons (Fsp3) is 0.600. The van der Waals surface area contributed by atoms with Crippen LogP contribution in [-0.4, -0.2) is 71.3 Å². The summed E-state index contributed by atoms with van der Waals surface area (Å²) in [5, 5.41) is 11.9. The molecule has 3 amide bonds. The molecule has 0 unspecified atom stereocenters. The maximum Gasteiger partial charge on any atom is 0.433 e. The molecule has 1 aromatic heterocycles. The van der Waals surface area contributed by atoms with Gasteiger partial charge in [-0.1, -0.05) is 0 Å². The molecule has 0 aromatic carbocycles. The molecular formula is C20H22F3N5O4. The third kappa shape index (κ3) is 3.45. The number of cyclic esters (lactones) is 1. The summed E-state index contributed by atoms with van der Waals surface area (Å²) in [6.45, 7) is 2.26. The number of halogens is 3. The number of pyridine rings is 1. The minimum atomic E-state index is -4.63. The van der Waals surface area contributed by atoms with E-state index in [9.17, 15) is 28.0 Å². The minimum Gasteiger partial charge on any atom is -0.487 e. The monoisotopic (exact) mass is 453 g/mol. The van der Waals surface area contributed by atoms with Crippen molar-refractivity contribution in [1.29, 1.82) is 5.26 Å². The molecule has 4 aliphatic rings. The van der Waals surface area contributed by atoms with Gasteiger partial charge in [0.25, 0.3) is 0 Å². The van der Waals surface area contributed by atoms with Gasteiger partial charge in [-0.3, -0.25) is 0 Å². The van der Waals surface area contributed by atoms with Crippen molar-refractivity contribution in [2.24, 2.45) is 5.41 Å². The SMILES string of the molecule is N#Cc1cc(C(F)(F)F)ncc1O[C@H]1CCC2(C1)CN(C(=O)N1CC3(COC(=O)N3)C1)C2.[HH]. The summed E-state index contributed by atoms with van der Waals surface area (Å²) >= 11 is 0. The number of hydrogen-bond acceptors (Lipinski definition) is 6. The number of alkyl carbamates (subject to hydrolysis) is 1. The lowest BCUT2D eigenvalue weighted by Crippen LogP contribution is -2.73. The van der Waals surface area contributed by atoms with Crippen LogP contribution in [0.2, 0.25) is 0 Å². The highest BCUT2D eigenvalue weighted by molar-refractivity contribution is 5.78. The highest BCUT2D eigenvalue weighted by Gasteiger charge is 2.56. The van der Waals surface area contributed by atoms with Gasteiger partial charge in [0, 0.05) is 19.9 Å². The number of urea groups is 1. The van der Waals surface area contributed by atoms with E-state index >= 15 is 0 Å². The summed E-state index contributed by atoms with van der Waals surface area (Å²) in [4.78, 5) is 30.7. The van der Waals surface area contributed by atoms with Gasteiger partial charge in [0.2, 0.25) is 0 Å². The third-order valence-corrected chi connectivity index (χ3v) is 6.66. The van der Waals surface area contributed by atoms with Gasteiger partial charge in [0.15, 0.2) is 5.75 Å². The summed E-state index contributed by atoms with van der Waals surface area (Å²) in [5.41, 5.74) is -1.88. The van der Waals surface area contributed by atoms with Crippen molar-refractivity contribution in [3.63, 3.8) is 0 Å². The molecule has 1 N–H and O–H groups in total. The molecule has 1 saturated carbocycles. The van der Waals surface area contributed by atoms with E-state index in [2.05, 4.69) is 10.3 Å². The number of amides is 3. The fourth-order valence-electron chi connectivity index (χ4n) is 5.08. The Hall–Kier alpha value is -3.23. The molecule has 1 aromatic rings. The quantitative estimate of drug-likeness (QED) is 0.737. The van der Waals surface area contributed by atoms with Crippen LogP contribution < -0.4 is 10.1 Å². The average molecular weight is 453 g/mol. The number of likely N-dealkylation sites (tertiary alicyclic amines) is 2. The Morgan fingerprint density at radius 3 is 2.69 bits per heavy atom. The standard InChI is InChI=1S/C20H20F3N5O4.H2/c21-20(22,23)15-3-12(5-24)14(6-25-15)32-13-1-2-18(4-13)7-27(8-18)17(30)28-9-19(10-28)11-31-16(29)26-19;/h3,6,13H,1-2,4,7-11H2,(H,26,29);1H/t13-;/m0./s1. The second-order valence-electron chi connectivity index (χ2n) is 9.13. The van der Waals surface area contributed by atoms with E-state index in [1.165, 1.54) is 0 Å². The number of alkyl halides is 3. The molecule has 0 radical (unpaired) electrons. The Kier molecular flexibility index (Phi) is 4.44. The zero-order chi connectivity index (χ0) is 22.7. The van der Waals surface area contributed by atoms with E-state index in [1.807, 2.05) is 0 Å². The van der Waals surface area contributed by atoms with Crippen molar-refractivity contribution in [1.82, 2.24) is 20.1 Å². The van der Waals surface area contributed by atoms with Gasteiger partial charge in [-0.05, 0) is 25.3 Å². The number of hydrogen-bond donors (Lipinski definition) is 1. The fourth-order valence-corrected chi connectivity index (χ4v) is 5.08. The lowest BCUT2D eigenvalue weighted by atomic mass is 9.78. The van der Waals surface area contributed by atoms with E-state index in [-0.39, 0.29) is 36.9 Å². The average Bonchev–Trinajstić information content (AvgIpc) is 3.29. The summed E-state index contributed by atoms with van der Waals surface area (Å²) in [6, 6.07) is 2.36. The molecule has 172 valence electrons. The largest absolute Gasteiger partial charge is 0.487 e. The first-order valence-corrected chi connectivity index (χ1v) is 10.2. The Morgan fingerprint density at radius 2 is 2.06 bits per heavy atom. The molecule has 12 heteroatoms. The summed E-state index contributed by atoms with van der Waals surface area (Å²) < 4.78 is 49.2. The lowest BCUT2D eigenvalue weighted by molar-refractivity contribution is -0.141. The Bertz CT molecular complexity index is 1020. The number of nitriles is 1. The highest BCUT2D eigenvalue weighted by atomic mass is 19.4. The smallest absolute Gasteiger partial charge is 0.433 e. The topological polar surface area (TPSA) is 108 Å². The molecule has 4 fully saturated rings. The number of nitrogens with zero attached hydrogens (tertiary/aromatic N) is 4. The second kappa shape index (κ2) is 6.88. The third-order valence-electron chi connectivity index (χ3n) is 6.66. The van der Waals surface area contributed by atoms with Crippen molar-refractivity contribution in [3.8, 4) is 11.8 Å². The number of ether oxygens (including phenoxy) is 2. The number of rotatable bonds is 2. The van der Waals surface area contributed by atoms with Crippen LogP contribution in [0.4, 0.5) is 22.8 Å². The van der Waals surface area contributed by atoms with E-state index in [0.717, 1.165) is 12.6 Å². The van der Waals surface area contributed by atoms with Gasteiger partial charge in [-0.15, -0.1) is 0 Å². The van der Waals surface area contributed by atoms with Crippen molar-refractivity contribution < 1.29 is 33.7 Å². The Balaban J connectivity index is 0.00000259. The van der Waals surface area contributed by atoms with Gasteiger partial charge in [-0.25, -0.2) is 14.6 Å². The van der Waals surface area contributed by atoms with Crippen molar-refractivity contribution in [2.45, 2.75) is 37.1 Å². The van der Waals surface area contributed by atoms with Gasteiger partial charge in [0.1, 0.15) is 23.9 Å². The second-order valence-corrected chi connectivity index (χ2v) is 9.13. The minimum absolute atomic E-state index is 0. The zero-order valence-electron chi connectivity index (χ0n) is 16.9. The van der Waals surface area contributed by atoms with E-state index in [0.29, 0.717) is 45.1 Å². The highest BCUT2D eigenvalue weighted by Crippen LogP contribution is 2.47. The van der Waals surface area contributed by atoms with E-state index in [4.69, 9.17) is 9.47 Å². The predicted molar refractivity (Wildman–Crippen MR) is 103 cm³/mol. The molecule has 9 nitrogen and oxygen atoms in total. The molecule has 1 atom stereocenters. The molecule has 4 heterocycles. The van der Waals surface area contributed by atoms with Gasteiger partial charge in [-0.2, -0.15) is 18.4 Å². The van der Waals surface area contributed by atoms with E-state index in [1.54, 1.807) is 15.9 Å². The predicted octanol–water partition coefficient (Wildman–Crippen LogP) is 2.37. The normalized spacial score (nSPS) is 25.1. The first-order valence-electron chi connectivity index (χ1n) is 10.2. The van der Waals surface area contributed by atoms with Crippen molar-refractivity contribution >= 4 is 12.1 Å².